The van der Waals surface area contributed by atoms with E-state index in [0.717, 1.165) is 31.4 Å². The largest absolute Gasteiger partial charge is 0.477 e. The molecule has 4 aromatic rings. The van der Waals surface area contributed by atoms with E-state index < -0.39 is 33.9 Å². The van der Waals surface area contributed by atoms with Crippen LogP contribution < -0.4 is 20.1 Å². The Balaban J connectivity index is 1.07. The summed E-state index contributed by atoms with van der Waals surface area (Å²) in [5.74, 6) is -1.61. The number of rotatable bonds is 14. The first-order chi connectivity index (χ1) is 24.2. The molecule has 0 aromatic carbocycles. The summed E-state index contributed by atoms with van der Waals surface area (Å²) in [6, 6.07) is 8.39. The summed E-state index contributed by atoms with van der Waals surface area (Å²) >= 11 is 6.29. The normalized spacial score (nSPS) is 20.5. The van der Waals surface area contributed by atoms with E-state index >= 15 is 0 Å². The SMILES string of the molecule is CC1(C)C[C@H](CCC(Nc2cccc(S(=O)(=O)NC(=O)c3ccc(-n4ccc(OCCC5CC5C(F)(F)F)n4)nc3Cl)n2)c2cncnc2)CN1. The second-order valence-electron chi connectivity index (χ2n) is 13.5. The quantitative estimate of drug-likeness (QED) is 0.139. The van der Waals surface area contributed by atoms with E-state index in [-0.39, 0.29) is 64.3 Å². The molecule has 3 N–H and O–H groups in total. The lowest BCUT2D eigenvalue weighted by Gasteiger charge is -2.22. The summed E-state index contributed by atoms with van der Waals surface area (Å²) in [6.07, 6.45) is 5.21. The van der Waals surface area contributed by atoms with Gasteiger partial charge < -0.3 is 15.4 Å². The van der Waals surface area contributed by atoms with Crippen LogP contribution >= 0.6 is 11.6 Å². The van der Waals surface area contributed by atoms with Crippen LogP contribution in [0.2, 0.25) is 5.15 Å². The molecule has 4 aromatic heterocycles. The molecular weight excluding hydrogens is 711 g/mol. The summed E-state index contributed by atoms with van der Waals surface area (Å²) in [5, 5.41) is 10.4. The smallest absolute Gasteiger partial charge is 0.392 e. The van der Waals surface area contributed by atoms with Crippen LogP contribution in [0.15, 0.2) is 66.3 Å². The third-order valence-corrected chi connectivity index (χ3v) is 10.5. The Labute approximate surface area is 297 Å². The predicted octanol–water partition coefficient (Wildman–Crippen LogP) is 5.51. The van der Waals surface area contributed by atoms with Crippen LogP contribution in [0.3, 0.4) is 0 Å². The van der Waals surface area contributed by atoms with E-state index in [1.165, 1.54) is 47.5 Å². The molecule has 0 bridgehead atoms. The summed E-state index contributed by atoms with van der Waals surface area (Å²) in [6.45, 7) is 5.34. The first-order valence-corrected chi connectivity index (χ1v) is 18.3. The first-order valence-electron chi connectivity index (χ1n) is 16.4. The molecule has 1 saturated heterocycles. The molecule has 5 heterocycles. The minimum absolute atomic E-state index is 0.0728. The molecule has 1 aliphatic carbocycles. The van der Waals surface area contributed by atoms with Gasteiger partial charge in [0.25, 0.3) is 15.9 Å². The fourth-order valence-corrected chi connectivity index (χ4v) is 7.44. The molecule has 3 unspecified atom stereocenters. The van der Waals surface area contributed by atoms with Crippen LogP contribution in [0, 0.1) is 17.8 Å². The highest BCUT2D eigenvalue weighted by atomic mass is 35.5. The average molecular weight is 748 g/mol. The van der Waals surface area contributed by atoms with Crippen molar-refractivity contribution in [1.82, 2.24) is 39.8 Å². The van der Waals surface area contributed by atoms with E-state index in [1.54, 1.807) is 18.5 Å². The van der Waals surface area contributed by atoms with Crippen molar-refractivity contribution in [2.75, 3.05) is 18.5 Å². The van der Waals surface area contributed by atoms with Crippen LogP contribution in [0.25, 0.3) is 5.82 Å². The average Bonchev–Trinajstić information content (AvgIpc) is 3.58. The van der Waals surface area contributed by atoms with Crippen molar-refractivity contribution in [3.8, 4) is 11.7 Å². The molecule has 4 atom stereocenters. The van der Waals surface area contributed by atoms with E-state index in [0.29, 0.717) is 5.92 Å². The van der Waals surface area contributed by atoms with Crippen LogP contribution in [0.5, 0.6) is 5.88 Å². The lowest BCUT2D eigenvalue weighted by molar-refractivity contribution is -0.151. The molecule has 0 radical (unpaired) electrons. The zero-order valence-electron chi connectivity index (χ0n) is 27.8. The van der Waals surface area contributed by atoms with Crippen LogP contribution in [0.4, 0.5) is 19.0 Å². The highest BCUT2D eigenvalue weighted by Gasteiger charge is 2.55. The van der Waals surface area contributed by atoms with Gasteiger partial charge in [-0.25, -0.2) is 29.3 Å². The van der Waals surface area contributed by atoms with Gasteiger partial charge in [-0.3, -0.25) is 4.79 Å². The summed E-state index contributed by atoms with van der Waals surface area (Å²) in [7, 11) is -4.43. The number of nitrogens with one attached hydrogen (secondary N) is 3. The number of halogens is 4. The molecule has 2 aliphatic rings. The Morgan fingerprint density at radius 2 is 1.92 bits per heavy atom. The fourth-order valence-electron chi connectivity index (χ4n) is 6.27. The Morgan fingerprint density at radius 1 is 1.14 bits per heavy atom. The number of hydrogen-bond donors (Lipinski definition) is 3. The highest BCUT2D eigenvalue weighted by Crippen LogP contribution is 2.51. The predicted molar refractivity (Wildman–Crippen MR) is 181 cm³/mol. The number of amides is 1. The monoisotopic (exact) mass is 747 g/mol. The molecule has 0 spiro atoms. The van der Waals surface area contributed by atoms with Crippen molar-refractivity contribution in [3.63, 3.8) is 0 Å². The van der Waals surface area contributed by atoms with Gasteiger partial charge in [0.05, 0.1) is 24.1 Å². The summed E-state index contributed by atoms with van der Waals surface area (Å²) in [5.41, 5.74) is 0.694. The van der Waals surface area contributed by atoms with Gasteiger partial charge in [-0.2, -0.15) is 21.6 Å². The van der Waals surface area contributed by atoms with Crippen molar-refractivity contribution >= 4 is 33.3 Å². The van der Waals surface area contributed by atoms with Crippen molar-refractivity contribution < 1.29 is 31.1 Å². The second kappa shape index (κ2) is 14.7. The Morgan fingerprint density at radius 3 is 2.61 bits per heavy atom. The molecule has 1 saturated carbocycles. The molecule has 6 rings (SSSR count). The zero-order chi connectivity index (χ0) is 36.4. The lowest BCUT2D eigenvalue weighted by Crippen LogP contribution is -2.31. The minimum atomic E-state index is -4.43. The zero-order valence-corrected chi connectivity index (χ0v) is 29.3. The van der Waals surface area contributed by atoms with Gasteiger partial charge in [-0.15, -0.1) is 5.10 Å². The molecule has 1 amide bonds. The number of alkyl halides is 3. The number of anilines is 1. The maximum absolute atomic E-state index is 13.3. The number of pyridine rings is 2. The molecule has 272 valence electrons. The molecule has 2 fully saturated rings. The topological polar surface area (TPSA) is 166 Å². The van der Waals surface area contributed by atoms with Crippen LogP contribution in [-0.2, 0) is 10.0 Å². The van der Waals surface area contributed by atoms with Gasteiger partial charge in [0, 0.05) is 35.8 Å². The van der Waals surface area contributed by atoms with Crippen molar-refractivity contribution in [2.45, 2.75) is 68.7 Å². The van der Waals surface area contributed by atoms with Crippen molar-refractivity contribution in [1.29, 1.82) is 0 Å². The number of carbonyl (C=O) groups excluding carboxylic acids is 1. The number of nitrogens with zero attached hydrogens (tertiary/aromatic N) is 6. The van der Waals surface area contributed by atoms with Gasteiger partial charge in [0.1, 0.15) is 17.3 Å². The van der Waals surface area contributed by atoms with E-state index in [9.17, 15) is 26.4 Å². The second-order valence-corrected chi connectivity index (χ2v) is 15.5. The third-order valence-electron chi connectivity index (χ3n) is 9.02. The highest BCUT2D eigenvalue weighted by molar-refractivity contribution is 7.90. The van der Waals surface area contributed by atoms with E-state index in [4.69, 9.17) is 16.3 Å². The molecule has 18 heteroatoms. The fraction of sp³-hybridized carbons (Fsp3) is 0.455. The first kappa shape index (κ1) is 36.4. The maximum atomic E-state index is 13.3. The Kier molecular flexibility index (Phi) is 10.5. The molecular formula is C33H37ClF3N9O4S. The lowest BCUT2D eigenvalue weighted by atomic mass is 9.91. The van der Waals surface area contributed by atoms with Gasteiger partial charge in [0.2, 0.25) is 5.88 Å². The number of carbonyl (C=O) groups is 1. The van der Waals surface area contributed by atoms with E-state index in [1.807, 2.05) is 4.72 Å². The van der Waals surface area contributed by atoms with Gasteiger partial charge in [-0.1, -0.05) is 17.7 Å². The van der Waals surface area contributed by atoms with Crippen molar-refractivity contribution in [2.24, 2.45) is 17.8 Å². The van der Waals surface area contributed by atoms with Gasteiger partial charge >= 0.3 is 6.18 Å². The van der Waals surface area contributed by atoms with Gasteiger partial charge in [-0.05, 0) is 88.6 Å². The van der Waals surface area contributed by atoms with Crippen molar-refractivity contribution in [3.05, 3.63) is 77.6 Å². The number of aromatic nitrogens is 6. The standard InChI is InChI=1S/C33H37ClF3N9O4S/c1-32(2)15-20(16-40-32)6-8-25(22-17-38-19-39-18-22)41-26-4-3-5-29(42-26)51(48,49)45-31(47)23-7-9-27(43-30(23)34)46-12-10-28(44-46)50-13-11-21-14-24(21)33(35,36)37/h3-5,7,9-10,12,17-21,24-25,40H,6,8,11,13-16H2,1-2H3,(H,41,42)(H,45,47)/t20-,21?,24?,25?/m0/s1. The Hall–Kier alpha value is -4.35. The summed E-state index contributed by atoms with van der Waals surface area (Å²) in [4.78, 5) is 29.8. The Bertz CT molecular complexity index is 1960. The van der Waals surface area contributed by atoms with Gasteiger partial charge in [0.15, 0.2) is 10.8 Å². The molecule has 51 heavy (non-hydrogen) atoms. The number of hydrogen-bond acceptors (Lipinski definition) is 11. The minimum Gasteiger partial charge on any atom is -0.477 e. The number of sulfonamides is 1. The van der Waals surface area contributed by atoms with Crippen LogP contribution in [0.1, 0.15) is 67.9 Å². The number of ether oxygens (including phenoxy) is 1. The summed E-state index contributed by atoms with van der Waals surface area (Å²) < 4.78 is 73.6. The maximum Gasteiger partial charge on any atom is 0.392 e. The third kappa shape index (κ3) is 9.31. The van der Waals surface area contributed by atoms with Crippen LogP contribution in [-0.4, -0.2) is 68.9 Å². The molecule has 13 nitrogen and oxygen atoms in total. The van der Waals surface area contributed by atoms with E-state index in [2.05, 4.69) is 49.5 Å². The molecule has 1 aliphatic heterocycles.